The van der Waals surface area contributed by atoms with E-state index in [1.807, 2.05) is 0 Å². The van der Waals surface area contributed by atoms with E-state index in [-0.39, 0.29) is 17.6 Å². The zero-order chi connectivity index (χ0) is 14.7. The summed E-state index contributed by atoms with van der Waals surface area (Å²) in [5.74, 6) is 0.316. The smallest absolute Gasteiger partial charge is 0.292 e. The van der Waals surface area contributed by atoms with Gasteiger partial charge in [-0.25, -0.2) is 0 Å². The molecular formula is C14H19N3O3. The van der Waals surface area contributed by atoms with Gasteiger partial charge in [0.15, 0.2) is 0 Å². The first-order chi connectivity index (χ1) is 9.52. The highest BCUT2D eigenvalue weighted by Gasteiger charge is 2.25. The van der Waals surface area contributed by atoms with Crippen LogP contribution in [-0.4, -0.2) is 23.9 Å². The molecule has 1 aliphatic rings. The van der Waals surface area contributed by atoms with Crippen molar-refractivity contribution >= 4 is 17.3 Å². The molecule has 108 valence electrons. The molecule has 0 aliphatic heterocycles. The number of amides is 1. The molecule has 6 nitrogen and oxygen atoms in total. The van der Waals surface area contributed by atoms with Gasteiger partial charge in [0.1, 0.15) is 5.69 Å². The summed E-state index contributed by atoms with van der Waals surface area (Å²) in [4.78, 5) is 22.6. The van der Waals surface area contributed by atoms with Gasteiger partial charge >= 0.3 is 0 Å². The molecule has 1 aromatic rings. The lowest BCUT2D eigenvalue weighted by molar-refractivity contribution is -0.383. The average Bonchev–Trinajstić information content (AvgIpc) is 2.83. The van der Waals surface area contributed by atoms with Gasteiger partial charge in [-0.2, -0.15) is 0 Å². The average molecular weight is 277 g/mol. The second kappa shape index (κ2) is 5.90. The quantitative estimate of drug-likeness (QED) is 0.654. The zero-order valence-corrected chi connectivity index (χ0v) is 11.7. The van der Waals surface area contributed by atoms with Crippen molar-refractivity contribution in [3.8, 4) is 0 Å². The van der Waals surface area contributed by atoms with Crippen molar-refractivity contribution in [3.63, 3.8) is 0 Å². The molecule has 1 fully saturated rings. The molecule has 1 amide bonds. The predicted octanol–water partition coefficient (Wildman–Crippen LogP) is 2.55. The third kappa shape index (κ3) is 2.89. The Hall–Kier alpha value is -2.11. The standard InChI is InChI=1S/C14H19N3O3/c1-9-4-3-5-11(9)16-14(18)10-6-7-13(17(19)20)12(8-10)15-2/h6-9,11,15H,3-5H2,1-2H3,(H,16,18). The van der Waals surface area contributed by atoms with Crippen molar-refractivity contribution in [2.45, 2.75) is 32.2 Å². The third-order valence-corrected chi connectivity index (χ3v) is 3.90. The summed E-state index contributed by atoms with van der Waals surface area (Å²) in [7, 11) is 1.60. The van der Waals surface area contributed by atoms with E-state index >= 15 is 0 Å². The Bertz CT molecular complexity index is 530. The molecular weight excluding hydrogens is 258 g/mol. The Morgan fingerprint density at radius 2 is 2.15 bits per heavy atom. The van der Waals surface area contributed by atoms with Crippen LogP contribution in [-0.2, 0) is 0 Å². The number of hydrogen-bond donors (Lipinski definition) is 2. The lowest BCUT2D eigenvalue weighted by Gasteiger charge is -2.17. The maximum Gasteiger partial charge on any atom is 0.292 e. The number of carbonyl (C=O) groups is 1. The molecule has 0 saturated heterocycles. The van der Waals surface area contributed by atoms with Gasteiger partial charge in [-0.05, 0) is 30.9 Å². The first-order valence-corrected chi connectivity index (χ1v) is 6.80. The number of nitro groups is 1. The molecule has 2 unspecified atom stereocenters. The predicted molar refractivity (Wildman–Crippen MR) is 76.9 cm³/mol. The molecule has 1 saturated carbocycles. The van der Waals surface area contributed by atoms with E-state index in [1.54, 1.807) is 7.05 Å². The van der Waals surface area contributed by atoms with Crippen LogP contribution < -0.4 is 10.6 Å². The van der Waals surface area contributed by atoms with Crippen LogP contribution in [0.1, 0.15) is 36.5 Å². The minimum Gasteiger partial charge on any atom is -0.383 e. The van der Waals surface area contributed by atoms with Crippen LogP contribution in [0.3, 0.4) is 0 Å². The number of benzene rings is 1. The molecule has 2 N–H and O–H groups in total. The molecule has 20 heavy (non-hydrogen) atoms. The van der Waals surface area contributed by atoms with E-state index in [9.17, 15) is 14.9 Å². The third-order valence-electron chi connectivity index (χ3n) is 3.90. The van der Waals surface area contributed by atoms with Gasteiger partial charge in [-0.1, -0.05) is 13.3 Å². The Kier molecular flexibility index (Phi) is 4.22. The van der Waals surface area contributed by atoms with E-state index in [0.717, 1.165) is 19.3 Å². The van der Waals surface area contributed by atoms with Gasteiger partial charge in [-0.15, -0.1) is 0 Å². The summed E-state index contributed by atoms with van der Waals surface area (Å²) in [6.45, 7) is 2.13. The van der Waals surface area contributed by atoms with Crippen molar-refractivity contribution in [1.82, 2.24) is 5.32 Å². The van der Waals surface area contributed by atoms with Crippen LogP contribution in [0.15, 0.2) is 18.2 Å². The van der Waals surface area contributed by atoms with Crippen molar-refractivity contribution < 1.29 is 9.72 Å². The van der Waals surface area contributed by atoms with Gasteiger partial charge in [0.05, 0.1) is 4.92 Å². The summed E-state index contributed by atoms with van der Waals surface area (Å²) < 4.78 is 0. The second-order valence-electron chi connectivity index (χ2n) is 5.23. The highest BCUT2D eigenvalue weighted by molar-refractivity contribution is 5.96. The van der Waals surface area contributed by atoms with Crippen molar-refractivity contribution in [2.24, 2.45) is 5.92 Å². The Labute approximate surface area is 117 Å². The normalized spacial score (nSPS) is 21.5. The number of hydrogen-bond acceptors (Lipinski definition) is 4. The highest BCUT2D eigenvalue weighted by atomic mass is 16.6. The van der Waals surface area contributed by atoms with E-state index in [0.29, 0.717) is 17.2 Å². The van der Waals surface area contributed by atoms with Crippen LogP contribution in [0, 0.1) is 16.0 Å². The number of nitro benzene ring substituents is 1. The second-order valence-corrected chi connectivity index (χ2v) is 5.23. The fourth-order valence-corrected chi connectivity index (χ4v) is 2.65. The van der Waals surface area contributed by atoms with E-state index in [2.05, 4.69) is 17.6 Å². The van der Waals surface area contributed by atoms with Crippen LogP contribution in [0.2, 0.25) is 0 Å². The molecule has 0 bridgehead atoms. The molecule has 6 heteroatoms. The zero-order valence-electron chi connectivity index (χ0n) is 11.7. The van der Waals surface area contributed by atoms with Gasteiger partial charge in [0.25, 0.3) is 11.6 Å². The lowest BCUT2D eigenvalue weighted by Crippen LogP contribution is -2.36. The number of carbonyl (C=O) groups excluding carboxylic acids is 1. The molecule has 0 heterocycles. The first-order valence-electron chi connectivity index (χ1n) is 6.80. The van der Waals surface area contributed by atoms with Crippen LogP contribution in [0.5, 0.6) is 0 Å². The SMILES string of the molecule is CNc1cc(C(=O)NC2CCCC2C)ccc1[N+](=O)[O-]. The van der Waals surface area contributed by atoms with Crippen LogP contribution >= 0.6 is 0 Å². The Morgan fingerprint density at radius 3 is 2.70 bits per heavy atom. The largest absolute Gasteiger partial charge is 0.383 e. The molecule has 2 atom stereocenters. The minimum absolute atomic E-state index is 0.0294. The fourth-order valence-electron chi connectivity index (χ4n) is 2.65. The maximum absolute atomic E-state index is 12.2. The van der Waals surface area contributed by atoms with Gasteiger partial charge < -0.3 is 10.6 Å². The molecule has 0 spiro atoms. The number of nitrogens with one attached hydrogen (secondary N) is 2. The number of nitrogens with zero attached hydrogens (tertiary/aromatic N) is 1. The molecule has 0 radical (unpaired) electrons. The lowest BCUT2D eigenvalue weighted by atomic mass is 10.1. The van der Waals surface area contributed by atoms with Crippen molar-refractivity contribution in [3.05, 3.63) is 33.9 Å². The summed E-state index contributed by atoms with van der Waals surface area (Å²) in [6, 6.07) is 4.58. The molecule has 2 rings (SSSR count). The van der Waals surface area contributed by atoms with Gasteiger partial charge in [-0.3, -0.25) is 14.9 Å². The van der Waals surface area contributed by atoms with E-state index < -0.39 is 4.92 Å². The van der Waals surface area contributed by atoms with Crippen LogP contribution in [0.4, 0.5) is 11.4 Å². The topological polar surface area (TPSA) is 84.3 Å². The monoisotopic (exact) mass is 277 g/mol. The molecule has 1 aromatic carbocycles. The summed E-state index contributed by atoms with van der Waals surface area (Å²) in [6.07, 6.45) is 3.26. The first kappa shape index (κ1) is 14.3. The summed E-state index contributed by atoms with van der Waals surface area (Å²) >= 11 is 0. The van der Waals surface area contributed by atoms with Crippen molar-refractivity contribution in [2.75, 3.05) is 12.4 Å². The molecule has 1 aliphatic carbocycles. The highest BCUT2D eigenvalue weighted by Crippen LogP contribution is 2.27. The van der Waals surface area contributed by atoms with Crippen molar-refractivity contribution in [1.29, 1.82) is 0 Å². The summed E-state index contributed by atoms with van der Waals surface area (Å²) in [5.41, 5.74) is 0.763. The van der Waals surface area contributed by atoms with E-state index in [1.165, 1.54) is 18.2 Å². The van der Waals surface area contributed by atoms with E-state index in [4.69, 9.17) is 0 Å². The number of rotatable bonds is 4. The fraction of sp³-hybridized carbons (Fsp3) is 0.500. The van der Waals surface area contributed by atoms with Gasteiger partial charge in [0.2, 0.25) is 0 Å². The van der Waals surface area contributed by atoms with Gasteiger partial charge in [0, 0.05) is 24.7 Å². The molecule has 0 aromatic heterocycles. The minimum atomic E-state index is -0.466. The Morgan fingerprint density at radius 1 is 1.40 bits per heavy atom. The number of anilines is 1. The summed E-state index contributed by atoms with van der Waals surface area (Å²) in [5, 5.41) is 16.6. The maximum atomic E-state index is 12.2. The Balaban J connectivity index is 2.16. The van der Waals surface area contributed by atoms with Crippen LogP contribution in [0.25, 0.3) is 0 Å².